The molecule has 1 amide bonds. The number of thiazole rings is 1. The molecule has 0 unspecified atom stereocenters. The molecule has 132 valence electrons. The van der Waals surface area contributed by atoms with Gasteiger partial charge in [0.25, 0.3) is 0 Å². The third-order valence-electron chi connectivity index (χ3n) is 3.95. The predicted octanol–water partition coefficient (Wildman–Crippen LogP) is 5.09. The van der Waals surface area contributed by atoms with Crippen molar-refractivity contribution in [3.05, 3.63) is 70.6 Å². The van der Waals surface area contributed by atoms with Crippen LogP contribution in [0.3, 0.4) is 0 Å². The zero-order valence-corrected chi connectivity index (χ0v) is 15.8. The lowest BCUT2D eigenvalue weighted by Crippen LogP contribution is -2.07. The van der Waals surface area contributed by atoms with Gasteiger partial charge in [-0.15, -0.1) is 11.3 Å². The number of anilines is 1. The first-order valence-corrected chi connectivity index (χ1v) is 9.09. The van der Waals surface area contributed by atoms with Crippen LogP contribution in [0.2, 0.25) is 0 Å². The molecule has 5 heteroatoms. The molecule has 4 nitrogen and oxygen atoms in total. The van der Waals surface area contributed by atoms with Crippen LogP contribution in [0.25, 0.3) is 17.3 Å². The Bertz CT molecular complexity index is 943. The summed E-state index contributed by atoms with van der Waals surface area (Å²) < 4.78 is 5.12. The number of rotatable bonds is 5. The SMILES string of the molecule is COc1ccc(C=CC(=O)Nc2nc(-c3cc(C)ccc3C)cs2)cc1. The molecule has 26 heavy (non-hydrogen) atoms. The number of nitrogens with one attached hydrogen (secondary N) is 1. The molecule has 0 fully saturated rings. The zero-order valence-electron chi connectivity index (χ0n) is 14.9. The molecule has 0 radical (unpaired) electrons. The number of hydrogen-bond acceptors (Lipinski definition) is 4. The van der Waals surface area contributed by atoms with Crippen LogP contribution < -0.4 is 10.1 Å². The Morgan fingerprint density at radius 2 is 1.92 bits per heavy atom. The lowest BCUT2D eigenvalue weighted by molar-refractivity contribution is -0.111. The molecule has 1 heterocycles. The number of nitrogens with zero attached hydrogens (tertiary/aromatic N) is 1. The quantitative estimate of drug-likeness (QED) is 0.642. The Morgan fingerprint density at radius 1 is 1.15 bits per heavy atom. The van der Waals surface area contributed by atoms with E-state index in [-0.39, 0.29) is 5.91 Å². The van der Waals surface area contributed by atoms with Crippen molar-refractivity contribution < 1.29 is 9.53 Å². The molecule has 0 aliphatic heterocycles. The molecule has 1 N–H and O–H groups in total. The Balaban J connectivity index is 1.67. The summed E-state index contributed by atoms with van der Waals surface area (Å²) in [7, 11) is 1.62. The molecule has 3 rings (SSSR count). The normalized spacial score (nSPS) is 10.9. The Kier molecular flexibility index (Phi) is 5.49. The van der Waals surface area contributed by atoms with Gasteiger partial charge in [-0.05, 0) is 49.2 Å². The van der Waals surface area contributed by atoms with Crippen LogP contribution in [-0.2, 0) is 4.79 Å². The van der Waals surface area contributed by atoms with Gasteiger partial charge in [0.1, 0.15) is 5.75 Å². The lowest BCUT2D eigenvalue weighted by atomic mass is 10.0. The molecular weight excluding hydrogens is 344 g/mol. The second-order valence-corrected chi connectivity index (χ2v) is 6.81. The molecule has 0 saturated heterocycles. The summed E-state index contributed by atoms with van der Waals surface area (Å²) >= 11 is 1.42. The average molecular weight is 364 g/mol. The standard InChI is InChI=1S/C21H20N2O2S/c1-14-4-5-15(2)18(12-14)19-13-26-21(22-19)23-20(24)11-8-16-6-9-17(25-3)10-7-16/h4-13H,1-3H3,(H,22,23,24). The molecule has 0 spiro atoms. The van der Waals surface area contributed by atoms with Crippen LogP contribution >= 0.6 is 11.3 Å². The van der Waals surface area contributed by atoms with E-state index < -0.39 is 0 Å². The van der Waals surface area contributed by atoms with E-state index in [2.05, 4.69) is 42.3 Å². The first kappa shape index (κ1) is 17.9. The van der Waals surface area contributed by atoms with Gasteiger partial charge in [-0.25, -0.2) is 4.98 Å². The monoisotopic (exact) mass is 364 g/mol. The number of ether oxygens (including phenoxy) is 1. The minimum absolute atomic E-state index is 0.206. The molecule has 0 aliphatic rings. The van der Waals surface area contributed by atoms with Crippen molar-refractivity contribution in [3.8, 4) is 17.0 Å². The van der Waals surface area contributed by atoms with Crippen molar-refractivity contribution in [2.45, 2.75) is 13.8 Å². The summed E-state index contributed by atoms with van der Waals surface area (Å²) in [6, 6.07) is 13.8. The summed E-state index contributed by atoms with van der Waals surface area (Å²) in [4.78, 5) is 16.7. The summed E-state index contributed by atoms with van der Waals surface area (Å²) in [6.45, 7) is 4.12. The Labute approximate surface area is 157 Å². The number of methoxy groups -OCH3 is 1. The topological polar surface area (TPSA) is 51.2 Å². The summed E-state index contributed by atoms with van der Waals surface area (Å²) in [6.07, 6.45) is 3.26. The molecule has 2 aromatic carbocycles. The molecule has 1 aromatic heterocycles. The maximum Gasteiger partial charge on any atom is 0.250 e. The fourth-order valence-corrected chi connectivity index (χ4v) is 3.21. The van der Waals surface area contributed by atoms with Gasteiger partial charge in [-0.3, -0.25) is 10.1 Å². The highest BCUT2D eigenvalue weighted by molar-refractivity contribution is 7.14. The van der Waals surface area contributed by atoms with Crippen LogP contribution in [0, 0.1) is 13.8 Å². The van der Waals surface area contributed by atoms with E-state index in [0.717, 1.165) is 28.1 Å². The van der Waals surface area contributed by atoms with E-state index in [4.69, 9.17) is 4.74 Å². The fourth-order valence-electron chi connectivity index (χ4n) is 2.50. The molecule has 0 bridgehead atoms. The van der Waals surface area contributed by atoms with Crippen molar-refractivity contribution >= 4 is 28.5 Å². The van der Waals surface area contributed by atoms with Gasteiger partial charge in [-0.2, -0.15) is 0 Å². The van der Waals surface area contributed by atoms with Gasteiger partial charge in [-0.1, -0.05) is 29.8 Å². The second-order valence-electron chi connectivity index (χ2n) is 5.95. The molecule has 3 aromatic rings. The maximum atomic E-state index is 12.1. The summed E-state index contributed by atoms with van der Waals surface area (Å²) in [5.41, 5.74) is 5.25. The highest BCUT2D eigenvalue weighted by Gasteiger charge is 2.09. The minimum Gasteiger partial charge on any atom is -0.497 e. The van der Waals surface area contributed by atoms with Crippen molar-refractivity contribution in [1.29, 1.82) is 0 Å². The highest BCUT2D eigenvalue weighted by Crippen LogP contribution is 2.28. The maximum absolute atomic E-state index is 12.1. The molecule has 0 saturated carbocycles. The first-order valence-electron chi connectivity index (χ1n) is 8.21. The van der Waals surface area contributed by atoms with E-state index in [9.17, 15) is 4.79 Å². The van der Waals surface area contributed by atoms with E-state index in [1.54, 1.807) is 13.2 Å². The Hall–Kier alpha value is -2.92. The van der Waals surface area contributed by atoms with E-state index in [1.165, 1.54) is 23.0 Å². The van der Waals surface area contributed by atoms with Crippen molar-refractivity contribution in [2.24, 2.45) is 0 Å². The zero-order chi connectivity index (χ0) is 18.5. The third kappa shape index (κ3) is 4.37. The molecule has 0 atom stereocenters. The number of hydrogen-bond donors (Lipinski definition) is 1. The lowest BCUT2D eigenvalue weighted by Gasteiger charge is -2.03. The molecule has 0 aliphatic carbocycles. The van der Waals surface area contributed by atoms with Gasteiger partial charge in [0.05, 0.1) is 12.8 Å². The average Bonchev–Trinajstić information content (AvgIpc) is 3.10. The summed E-state index contributed by atoms with van der Waals surface area (Å²) in [5, 5.41) is 5.37. The fraction of sp³-hybridized carbons (Fsp3) is 0.143. The van der Waals surface area contributed by atoms with Gasteiger partial charge in [0, 0.05) is 17.0 Å². The van der Waals surface area contributed by atoms with Crippen molar-refractivity contribution in [1.82, 2.24) is 4.98 Å². The predicted molar refractivity (Wildman–Crippen MR) is 108 cm³/mol. The first-order chi connectivity index (χ1) is 12.5. The van der Waals surface area contributed by atoms with Crippen LogP contribution in [0.15, 0.2) is 53.9 Å². The van der Waals surface area contributed by atoms with Crippen molar-refractivity contribution in [3.63, 3.8) is 0 Å². The number of aryl methyl sites for hydroxylation is 2. The number of aromatic nitrogens is 1. The summed E-state index contributed by atoms with van der Waals surface area (Å²) in [5.74, 6) is 0.580. The van der Waals surface area contributed by atoms with Crippen LogP contribution in [0.4, 0.5) is 5.13 Å². The number of carbonyl (C=O) groups is 1. The number of carbonyl (C=O) groups excluding carboxylic acids is 1. The van der Waals surface area contributed by atoms with E-state index >= 15 is 0 Å². The van der Waals surface area contributed by atoms with Gasteiger partial charge in [0.2, 0.25) is 5.91 Å². The van der Waals surface area contributed by atoms with E-state index in [0.29, 0.717) is 5.13 Å². The van der Waals surface area contributed by atoms with Crippen molar-refractivity contribution in [2.75, 3.05) is 12.4 Å². The largest absolute Gasteiger partial charge is 0.497 e. The number of amides is 1. The van der Waals surface area contributed by atoms with Gasteiger partial charge < -0.3 is 4.74 Å². The minimum atomic E-state index is -0.206. The smallest absolute Gasteiger partial charge is 0.250 e. The van der Waals surface area contributed by atoms with E-state index in [1.807, 2.05) is 29.6 Å². The van der Waals surface area contributed by atoms with Gasteiger partial charge >= 0.3 is 0 Å². The van der Waals surface area contributed by atoms with Crippen LogP contribution in [-0.4, -0.2) is 18.0 Å². The van der Waals surface area contributed by atoms with Gasteiger partial charge in [0.15, 0.2) is 5.13 Å². The van der Waals surface area contributed by atoms with Crippen LogP contribution in [0.5, 0.6) is 5.75 Å². The molecular formula is C21H20N2O2S. The Morgan fingerprint density at radius 3 is 2.65 bits per heavy atom. The third-order valence-corrected chi connectivity index (χ3v) is 4.70. The highest BCUT2D eigenvalue weighted by atomic mass is 32.1. The second kappa shape index (κ2) is 7.97. The number of benzene rings is 2. The van der Waals surface area contributed by atoms with Crippen LogP contribution in [0.1, 0.15) is 16.7 Å².